The highest BCUT2D eigenvalue weighted by molar-refractivity contribution is 9.10. The highest BCUT2D eigenvalue weighted by Gasteiger charge is 2.29. The van der Waals surface area contributed by atoms with Crippen molar-refractivity contribution >= 4 is 41.7 Å². The van der Waals surface area contributed by atoms with Crippen molar-refractivity contribution in [1.29, 1.82) is 0 Å². The SMILES string of the molecule is O=C(C[C@H]1CCS(=O)(=O)C1)NNS(=O)(=O)c1cccc(Br)c1. The zero-order valence-electron chi connectivity index (χ0n) is 11.5. The van der Waals surface area contributed by atoms with Crippen LogP contribution in [0, 0.1) is 5.92 Å². The van der Waals surface area contributed by atoms with Gasteiger partial charge >= 0.3 is 0 Å². The van der Waals surface area contributed by atoms with E-state index in [4.69, 9.17) is 0 Å². The number of nitrogens with one attached hydrogen (secondary N) is 2. The highest BCUT2D eigenvalue weighted by Crippen LogP contribution is 2.21. The largest absolute Gasteiger partial charge is 0.278 e. The van der Waals surface area contributed by atoms with Crippen LogP contribution in [-0.2, 0) is 24.7 Å². The minimum atomic E-state index is -3.86. The van der Waals surface area contributed by atoms with Crippen molar-refractivity contribution in [1.82, 2.24) is 10.3 Å². The summed E-state index contributed by atoms with van der Waals surface area (Å²) in [5.41, 5.74) is 2.11. The summed E-state index contributed by atoms with van der Waals surface area (Å²) in [6.07, 6.45) is 0.397. The lowest BCUT2D eigenvalue weighted by atomic mass is 10.1. The van der Waals surface area contributed by atoms with Gasteiger partial charge in [0.25, 0.3) is 10.0 Å². The fraction of sp³-hybridized carbons (Fsp3) is 0.417. The molecule has 1 aromatic carbocycles. The molecule has 1 aliphatic rings. The monoisotopic (exact) mass is 410 g/mol. The van der Waals surface area contributed by atoms with Crippen molar-refractivity contribution in [2.45, 2.75) is 17.7 Å². The molecule has 1 aromatic rings. The van der Waals surface area contributed by atoms with E-state index in [9.17, 15) is 21.6 Å². The molecular weight excluding hydrogens is 396 g/mol. The summed E-state index contributed by atoms with van der Waals surface area (Å²) in [4.78, 5) is 13.7. The molecule has 0 radical (unpaired) electrons. The summed E-state index contributed by atoms with van der Waals surface area (Å²) in [5.74, 6) is -0.769. The van der Waals surface area contributed by atoms with Crippen LogP contribution >= 0.6 is 15.9 Å². The van der Waals surface area contributed by atoms with E-state index in [1.807, 2.05) is 4.83 Å². The maximum absolute atomic E-state index is 12.0. The Kier molecular flexibility index (Phi) is 5.25. The van der Waals surface area contributed by atoms with Crippen LogP contribution < -0.4 is 10.3 Å². The average molecular weight is 411 g/mol. The Morgan fingerprint density at radius 1 is 1.36 bits per heavy atom. The van der Waals surface area contributed by atoms with Crippen molar-refractivity contribution in [3.63, 3.8) is 0 Å². The van der Waals surface area contributed by atoms with Crippen molar-refractivity contribution in [3.8, 4) is 0 Å². The Labute approximate surface area is 137 Å². The second-order valence-corrected chi connectivity index (χ2v) is 9.91. The first-order valence-corrected chi connectivity index (χ1v) is 10.5. The molecule has 1 atom stereocenters. The summed E-state index contributed by atoms with van der Waals surface area (Å²) in [6.45, 7) is 0. The molecular formula is C12H15BrN2O5S2. The number of sulfonamides is 1. The molecule has 7 nitrogen and oxygen atoms in total. The predicted molar refractivity (Wildman–Crippen MR) is 84.0 cm³/mol. The number of halogens is 1. The number of amides is 1. The lowest BCUT2D eigenvalue weighted by molar-refractivity contribution is -0.122. The smallest absolute Gasteiger partial charge is 0.257 e. The second-order valence-electron chi connectivity index (χ2n) is 5.08. The molecule has 0 saturated carbocycles. The molecule has 2 N–H and O–H groups in total. The van der Waals surface area contributed by atoms with Crippen molar-refractivity contribution in [2.24, 2.45) is 5.92 Å². The van der Waals surface area contributed by atoms with Crippen LogP contribution in [0.4, 0.5) is 0 Å². The van der Waals surface area contributed by atoms with Gasteiger partial charge < -0.3 is 0 Å². The second kappa shape index (κ2) is 6.65. The molecule has 22 heavy (non-hydrogen) atoms. The van der Waals surface area contributed by atoms with Gasteiger partial charge in [0.15, 0.2) is 9.84 Å². The van der Waals surface area contributed by atoms with Crippen molar-refractivity contribution in [2.75, 3.05) is 11.5 Å². The Morgan fingerprint density at radius 3 is 2.68 bits per heavy atom. The van der Waals surface area contributed by atoms with Gasteiger partial charge in [-0.15, -0.1) is 4.83 Å². The molecule has 0 unspecified atom stereocenters. The van der Waals surface area contributed by atoms with Gasteiger partial charge in [0.05, 0.1) is 16.4 Å². The van der Waals surface area contributed by atoms with Crippen LogP contribution in [0.5, 0.6) is 0 Å². The molecule has 2 rings (SSSR count). The van der Waals surface area contributed by atoms with Gasteiger partial charge in [-0.05, 0) is 30.5 Å². The van der Waals surface area contributed by atoms with E-state index in [0.717, 1.165) is 0 Å². The molecule has 0 aliphatic carbocycles. The van der Waals surface area contributed by atoms with Crippen molar-refractivity contribution in [3.05, 3.63) is 28.7 Å². The van der Waals surface area contributed by atoms with Gasteiger partial charge in [0, 0.05) is 10.9 Å². The van der Waals surface area contributed by atoms with Crippen LogP contribution in [0.3, 0.4) is 0 Å². The number of rotatable bonds is 5. The fourth-order valence-corrected chi connectivity index (χ4v) is 5.48. The topological polar surface area (TPSA) is 109 Å². The molecule has 1 fully saturated rings. The number of carbonyl (C=O) groups excluding carboxylic acids is 1. The normalized spacial score (nSPS) is 20.7. The average Bonchev–Trinajstić information content (AvgIpc) is 2.76. The van der Waals surface area contributed by atoms with Gasteiger partial charge in [-0.3, -0.25) is 10.2 Å². The highest BCUT2D eigenvalue weighted by atomic mass is 79.9. The first-order chi connectivity index (χ1) is 10.2. The van der Waals surface area contributed by atoms with Crippen LogP contribution in [0.25, 0.3) is 0 Å². The van der Waals surface area contributed by atoms with Crippen molar-refractivity contribution < 1.29 is 21.6 Å². The summed E-state index contributed by atoms with van der Waals surface area (Å²) in [7, 11) is -6.92. The minimum Gasteiger partial charge on any atom is -0.278 e. The van der Waals surface area contributed by atoms with Crippen LogP contribution in [0.15, 0.2) is 33.6 Å². The fourth-order valence-electron chi connectivity index (χ4n) is 2.16. The van der Waals surface area contributed by atoms with E-state index < -0.39 is 25.8 Å². The number of benzene rings is 1. The van der Waals surface area contributed by atoms with Gasteiger partial charge in [-0.25, -0.2) is 16.8 Å². The van der Waals surface area contributed by atoms with E-state index in [1.165, 1.54) is 12.1 Å². The van der Waals surface area contributed by atoms with Gasteiger partial charge in [0.1, 0.15) is 0 Å². The molecule has 1 aliphatic heterocycles. The number of hydrogen-bond donors (Lipinski definition) is 2. The Bertz CT molecular complexity index is 776. The van der Waals surface area contributed by atoms with Gasteiger partial charge in [0.2, 0.25) is 5.91 Å². The third kappa shape index (κ3) is 4.77. The van der Waals surface area contributed by atoms with Crippen LogP contribution in [-0.4, -0.2) is 34.2 Å². The maximum atomic E-state index is 12.0. The third-order valence-electron chi connectivity index (χ3n) is 3.23. The number of hydrogen-bond acceptors (Lipinski definition) is 5. The van der Waals surface area contributed by atoms with E-state index in [2.05, 4.69) is 21.4 Å². The molecule has 1 saturated heterocycles. The summed E-state index contributed by atoms with van der Waals surface area (Å²) < 4.78 is 47.2. The summed E-state index contributed by atoms with van der Waals surface area (Å²) in [6, 6.07) is 6.03. The molecule has 0 aromatic heterocycles. The van der Waals surface area contributed by atoms with Gasteiger partial charge in [-0.2, -0.15) is 0 Å². The number of carbonyl (C=O) groups is 1. The lowest BCUT2D eigenvalue weighted by Crippen LogP contribution is -2.42. The van der Waals surface area contributed by atoms with Crippen LogP contribution in [0.1, 0.15) is 12.8 Å². The quantitative estimate of drug-likeness (QED) is 0.690. The summed E-state index contributed by atoms with van der Waals surface area (Å²) >= 11 is 3.17. The maximum Gasteiger partial charge on any atom is 0.257 e. The third-order valence-corrected chi connectivity index (χ3v) is 6.81. The first kappa shape index (κ1) is 17.4. The molecule has 10 heteroatoms. The molecule has 1 heterocycles. The number of sulfone groups is 1. The molecule has 122 valence electrons. The molecule has 0 bridgehead atoms. The summed E-state index contributed by atoms with van der Waals surface area (Å²) in [5, 5.41) is 0. The molecule has 1 amide bonds. The number of hydrazine groups is 1. The van der Waals surface area contributed by atoms with E-state index in [1.54, 1.807) is 12.1 Å². The Hall–Kier alpha value is -0.970. The Balaban J connectivity index is 1.91. The van der Waals surface area contributed by atoms with Crippen LogP contribution in [0.2, 0.25) is 0 Å². The zero-order chi connectivity index (χ0) is 16.4. The minimum absolute atomic E-state index is 0.00520. The van der Waals surface area contributed by atoms with E-state index in [0.29, 0.717) is 10.9 Å². The predicted octanol–water partition coefficient (Wildman–Crippen LogP) is 0.583. The van der Waals surface area contributed by atoms with E-state index in [-0.39, 0.29) is 28.7 Å². The standard InChI is InChI=1S/C12H15BrN2O5S2/c13-10-2-1-3-11(7-10)22(19,20)15-14-12(16)6-9-4-5-21(17,18)8-9/h1-3,7,9,15H,4-6,8H2,(H,14,16)/t9-/m1/s1. The zero-order valence-corrected chi connectivity index (χ0v) is 14.7. The molecule has 0 spiro atoms. The first-order valence-electron chi connectivity index (χ1n) is 6.45. The lowest BCUT2D eigenvalue weighted by Gasteiger charge is -2.10. The van der Waals surface area contributed by atoms with E-state index >= 15 is 0 Å². The Morgan fingerprint density at radius 2 is 2.09 bits per heavy atom. The van der Waals surface area contributed by atoms with Gasteiger partial charge in [-0.1, -0.05) is 22.0 Å².